The fourth-order valence-electron chi connectivity index (χ4n) is 1.85. The van der Waals surface area contributed by atoms with Gasteiger partial charge in [0, 0.05) is 17.8 Å². The zero-order valence-corrected chi connectivity index (χ0v) is 14.5. The van der Waals surface area contributed by atoms with Gasteiger partial charge in [0.25, 0.3) is 5.69 Å². The molecule has 0 saturated carbocycles. The molecule has 114 valence electrons. The van der Waals surface area contributed by atoms with Crippen molar-refractivity contribution >= 4 is 49.1 Å². The second-order valence-electron chi connectivity index (χ2n) is 4.51. The number of carbonyl (C=O) groups excluding carboxylic acids is 1. The molecule has 5 nitrogen and oxygen atoms in total. The van der Waals surface area contributed by atoms with Crippen molar-refractivity contribution in [3.05, 3.63) is 70.3 Å². The van der Waals surface area contributed by atoms with Gasteiger partial charge in [-0.2, -0.15) is 0 Å². The predicted octanol–water partition coefficient (Wildman–Crippen LogP) is 4.43. The van der Waals surface area contributed by atoms with Crippen molar-refractivity contribution in [3.63, 3.8) is 0 Å². The lowest BCUT2D eigenvalue weighted by molar-refractivity contribution is -0.384. The van der Waals surface area contributed by atoms with E-state index in [9.17, 15) is 14.9 Å². The monoisotopic (exact) mass is 426 g/mol. The molecule has 7 heteroatoms. The summed E-state index contributed by atoms with van der Waals surface area (Å²) in [6.07, 6.45) is 0. The third kappa shape index (κ3) is 4.14. The number of nitro benzene ring substituents is 1. The number of non-ortho nitro benzene ring substituents is 1. The Hall–Kier alpha value is -1.73. The molecule has 0 unspecified atom stereocenters. The summed E-state index contributed by atoms with van der Waals surface area (Å²) in [5, 5.41) is 13.4. The molecule has 22 heavy (non-hydrogen) atoms. The van der Waals surface area contributed by atoms with Gasteiger partial charge in [-0.15, -0.1) is 0 Å². The van der Waals surface area contributed by atoms with Crippen LogP contribution in [-0.4, -0.2) is 15.7 Å². The summed E-state index contributed by atoms with van der Waals surface area (Å²) in [5.41, 5.74) is 1.28. The zero-order valence-electron chi connectivity index (χ0n) is 11.3. The molecule has 0 aliphatic heterocycles. The second kappa shape index (κ2) is 7.51. The van der Waals surface area contributed by atoms with E-state index in [0.717, 1.165) is 5.56 Å². The number of nitrogens with zero attached hydrogens (tertiary/aromatic N) is 1. The van der Waals surface area contributed by atoms with Gasteiger partial charge in [0.15, 0.2) is 0 Å². The minimum atomic E-state index is -0.519. The van der Waals surface area contributed by atoms with E-state index in [-0.39, 0.29) is 16.4 Å². The molecule has 0 spiro atoms. The van der Waals surface area contributed by atoms with Crippen molar-refractivity contribution in [2.45, 2.75) is 9.65 Å². The van der Waals surface area contributed by atoms with Crippen LogP contribution in [0, 0.1) is 10.1 Å². The minimum Gasteiger partial charge on any atom is -0.325 e. The first-order chi connectivity index (χ1) is 10.5. The summed E-state index contributed by atoms with van der Waals surface area (Å²) in [6, 6.07) is 15.3. The molecule has 0 aliphatic carbocycles. The van der Waals surface area contributed by atoms with Crippen LogP contribution in [0.1, 0.15) is 10.4 Å². The molecule has 0 heterocycles. The zero-order chi connectivity index (χ0) is 16.1. The van der Waals surface area contributed by atoms with E-state index in [1.807, 2.05) is 30.3 Å². The highest BCUT2D eigenvalue weighted by Crippen LogP contribution is 2.32. The third-order valence-corrected chi connectivity index (χ3v) is 5.66. The van der Waals surface area contributed by atoms with Crippen molar-refractivity contribution in [2.75, 3.05) is 5.32 Å². The maximum Gasteiger partial charge on any atom is 0.271 e. The summed E-state index contributed by atoms with van der Waals surface area (Å²) >= 11 is 6.84. The van der Waals surface area contributed by atoms with Crippen molar-refractivity contribution in [2.24, 2.45) is 0 Å². The molecule has 2 atom stereocenters. The summed E-state index contributed by atoms with van der Waals surface area (Å²) in [6.45, 7) is 0. The normalized spacial score (nSPS) is 13.2. The van der Waals surface area contributed by atoms with Crippen LogP contribution in [0.2, 0.25) is 0 Å². The van der Waals surface area contributed by atoms with E-state index >= 15 is 0 Å². The first-order valence-electron chi connectivity index (χ1n) is 6.37. The molecular formula is C15H12Br2N2O3. The van der Waals surface area contributed by atoms with Crippen LogP contribution in [0.15, 0.2) is 54.6 Å². The molecule has 2 aromatic carbocycles. The van der Waals surface area contributed by atoms with E-state index < -0.39 is 9.75 Å². The number of alkyl halides is 2. The Kier molecular flexibility index (Phi) is 5.68. The van der Waals surface area contributed by atoms with Gasteiger partial charge in [-0.25, -0.2) is 0 Å². The number of benzene rings is 2. The van der Waals surface area contributed by atoms with Crippen molar-refractivity contribution in [1.29, 1.82) is 0 Å². The first-order valence-corrected chi connectivity index (χ1v) is 8.20. The number of anilines is 1. The van der Waals surface area contributed by atoms with Crippen molar-refractivity contribution in [3.8, 4) is 0 Å². The molecule has 0 saturated heterocycles. The van der Waals surface area contributed by atoms with Crippen molar-refractivity contribution in [1.82, 2.24) is 0 Å². The quantitative estimate of drug-likeness (QED) is 0.435. The number of nitrogens with one attached hydrogen (secondary N) is 1. The third-order valence-electron chi connectivity index (χ3n) is 2.95. The number of hydrogen-bond donors (Lipinski definition) is 1. The number of amides is 1. The van der Waals surface area contributed by atoms with Gasteiger partial charge >= 0.3 is 0 Å². The van der Waals surface area contributed by atoms with Gasteiger partial charge in [0.05, 0.1) is 9.75 Å². The van der Waals surface area contributed by atoms with Crippen LogP contribution < -0.4 is 5.32 Å². The molecule has 1 N–H and O–H groups in total. The number of nitro groups is 1. The highest BCUT2D eigenvalue weighted by molar-refractivity contribution is 9.12. The minimum absolute atomic E-state index is 0.0672. The highest BCUT2D eigenvalue weighted by atomic mass is 79.9. The lowest BCUT2D eigenvalue weighted by Gasteiger charge is -2.17. The number of rotatable bonds is 5. The Morgan fingerprint density at radius 2 is 1.77 bits per heavy atom. The largest absolute Gasteiger partial charge is 0.325 e. The molecule has 0 aliphatic rings. The van der Waals surface area contributed by atoms with Gasteiger partial charge in [-0.05, 0) is 11.6 Å². The molecule has 0 aromatic heterocycles. The summed E-state index contributed by atoms with van der Waals surface area (Å²) in [4.78, 5) is 21.8. The van der Waals surface area contributed by atoms with Gasteiger partial charge in [0.1, 0.15) is 4.83 Å². The lowest BCUT2D eigenvalue weighted by Crippen LogP contribution is -2.26. The molecule has 0 radical (unpaired) electrons. The van der Waals surface area contributed by atoms with Crippen LogP contribution in [0.3, 0.4) is 0 Å². The Morgan fingerprint density at radius 3 is 2.41 bits per heavy atom. The van der Waals surface area contributed by atoms with Crippen LogP contribution in [-0.2, 0) is 4.79 Å². The fourth-order valence-corrected chi connectivity index (χ4v) is 2.81. The van der Waals surface area contributed by atoms with Crippen LogP contribution in [0.5, 0.6) is 0 Å². The van der Waals surface area contributed by atoms with E-state index in [1.165, 1.54) is 18.2 Å². The molecule has 1 amide bonds. The SMILES string of the molecule is O=C(Nc1cccc([N+](=O)[O-])c1)[C@@H](Br)[C@H](Br)c1ccccc1. The van der Waals surface area contributed by atoms with Crippen LogP contribution in [0.25, 0.3) is 0 Å². The predicted molar refractivity (Wildman–Crippen MR) is 92.6 cm³/mol. The van der Waals surface area contributed by atoms with Gasteiger partial charge in [0.2, 0.25) is 5.91 Å². The number of carbonyl (C=O) groups is 1. The van der Waals surface area contributed by atoms with Crippen molar-refractivity contribution < 1.29 is 9.72 Å². The number of halogens is 2. The summed E-state index contributed by atoms with van der Waals surface area (Å²) in [5.74, 6) is -0.286. The lowest BCUT2D eigenvalue weighted by atomic mass is 10.1. The van der Waals surface area contributed by atoms with E-state index in [1.54, 1.807) is 6.07 Å². The molecule has 0 fully saturated rings. The maximum atomic E-state index is 12.3. The average molecular weight is 428 g/mol. The Morgan fingerprint density at radius 1 is 1.09 bits per heavy atom. The topological polar surface area (TPSA) is 72.2 Å². The molecule has 0 bridgehead atoms. The molecule has 2 rings (SSSR count). The Balaban J connectivity index is 2.08. The van der Waals surface area contributed by atoms with Gasteiger partial charge < -0.3 is 5.32 Å². The van der Waals surface area contributed by atoms with Crippen LogP contribution in [0.4, 0.5) is 11.4 Å². The van der Waals surface area contributed by atoms with E-state index in [2.05, 4.69) is 37.2 Å². The van der Waals surface area contributed by atoms with E-state index in [4.69, 9.17) is 0 Å². The summed E-state index contributed by atoms with van der Waals surface area (Å²) < 4.78 is 0. The Bertz CT molecular complexity index is 679. The van der Waals surface area contributed by atoms with Crippen LogP contribution >= 0.6 is 31.9 Å². The fraction of sp³-hybridized carbons (Fsp3) is 0.133. The highest BCUT2D eigenvalue weighted by Gasteiger charge is 2.25. The molecular weight excluding hydrogens is 416 g/mol. The average Bonchev–Trinajstić information content (AvgIpc) is 2.54. The van der Waals surface area contributed by atoms with Gasteiger partial charge in [-0.1, -0.05) is 68.3 Å². The standard InChI is InChI=1S/C15H12Br2N2O3/c16-13(10-5-2-1-3-6-10)14(17)15(20)18-11-7-4-8-12(9-11)19(21)22/h1-9,13-14H,(H,18,20)/t13-,14+/m1/s1. The summed E-state index contributed by atoms with van der Waals surface area (Å²) in [7, 11) is 0. The number of hydrogen-bond acceptors (Lipinski definition) is 3. The molecule has 2 aromatic rings. The smallest absolute Gasteiger partial charge is 0.271 e. The maximum absolute atomic E-state index is 12.3. The second-order valence-corrected chi connectivity index (χ2v) is 6.48. The first kappa shape index (κ1) is 16.6. The van der Waals surface area contributed by atoms with E-state index in [0.29, 0.717) is 5.69 Å². The Labute approximate surface area is 144 Å². The van der Waals surface area contributed by atoms with Gasteiger partial charge in [-0.3, -0.25) is 14.9 Å².